The molecule has 0 aromatic heterocycles. The Balaban J connectivity index is 2.29. The minimum absolute atomic E-state index is 0.105. The molecule has 2 unspecified atom stereocenters. The largest absolute Gasteiger partial charge is 0.390 e. The van der Waals surface area contributed by atoms with Crippen molar-refractivity contribution in [2.45, 2.75) is 51.6 Å². The highest BCUT2D eigenvalue weighted by Crippen LogP contribution is 2.20. The first-order chi connectivity index (χ1) is 8.15. The van der Waals surface area contributed by atoms with E-state index in [1.165, 1.54) is 0 Å². The molecule has 1 heterocycles. The smallest absolute Gasteiger partial charge is 0.198 e. The van der Waals surface area contributed by atoms with Crippen molar-refractivity contribution in [2.75, 3.05) is 13.2 Å². The summed E-state index contributed by atoms with van der Waals surface area (Å²) in [6.45, 7) is 2.91. The predicted octanol–water partition coefficient (Wildman–Crippen LogP) is 1.49. The van der Waals surface area contributed by atoms with Crippen LogP contribution < -0.4 is 0 Å². The van der Waals surface area contributed by atoms with Gasteiger partial charge in [-0.1, -0.05) is 19.8 Å². The Morgan fingerprint density at radius 2 is 2.06 bits per heavy atom. The number of ketones is 2. The van der Waals surface area contributed by atoms with Gasteiger partial charge in [0.1, 0.15) is 0 Å². The second-order valence-corrected chi connectivity index (χ2v) is 4.70. The van der Waals surface area contributed by atoms with E-state index in [1.807, 2.05) is 0 Å². The van der Waals surface area contributed by atoms with Gasteiger partial charge in [-0.3, -0.25) is 9.59 Å². The molecule has 1 saturated heterocycles. The van der Waals surface area contributed by atoms with E-state index in [4.69, 9.17) is 4.74 Å². The minimum atomic E-state index is -0.601. The van der Waals surface area contributed by atoms with Crippen molar-refractivity contribution >= 4 is 11.6 Å². The number of aliphatic hydroxyl groups is 1. The molecule has 0 saturated carbocycles. The zero-order chi connectivity index (χ0) is 12.7. The number of ether oxygens (including phenoxy) is 1. The molecule has 0 aromatic carbocycles. The number of aliphatic hydroxyl groups excluding tert-OH is 1. The molecule has 0 spiro atoms. The lowest BCUT2D eigenvalue weighted by molar-refractivity contribution is -0.138. The number of rotatable bonds is 7. The van der Waals surface area contributed by atoms with Gasteiger partial charge in [-0.2, -0.15) is 0 Å². The lowest BCUT2D eigenvalue weighted by Crippen LogP contribution is -2.34. The van der Waals surface area contributed by atoms with Crippen LogP contribution in [0.2, 0.25) is 0 Å². The molecule has 1 aliphatic heterocycles. The summed E-state index contributed by atoms with van der Waals surface area (Å²) in [6, 6.07) is 0. The molecule has 2 atom stereocenters. The molecule has 4 heteroatoms. The summed E-state index contributed by atoms with van der Waals surface area (Å²) >= 11 is 0. The van der Waals surface area contributed by atoms with Crippen LogP contribution in [0.15, 0.2) is 0 Å². The van der Waals surface area contributed by atoms with Crippen molar-refractivity contribution in [3.63, 3.8) is 0 Å². The van der Waals surface area contributed by atoms with Crippen LogP contribution in [0.25, 0.3) is 0 Å². The Bertz CT molecular complexity index is 262. The summed E-state index contributed by atoms with van der Waals surface area (Å²) in [6.07, 6.45) is 3.41. The zero-order valence-corrected chi connectivity index (χ0v) is 10.5. The number of carbonyl (C=O) groups is 2. The Kier molecular flexibility index (Phi) is 6.37. The first-order valence-corrected chi connectivity index (χ1v) is 6.47. The highest BCUT2D eigenvalue weighted by atomic mass is 16.5. The summed E-state index contributed by atoms with van der Waals surface area (Å²) in [5.41, 5.74) is 0. The van der Waals surface area contributed by atoms with Crippen LogP contribution in [0.1, 0.15) is 45.4 Å². The molecule has 4 nitrogen and oxygen atoms in total. The van der Waals surface area contributed by atoms with Gasteiger partial charge in [-0.05, 0) is 18.8 Å². The fraction of sp³-hybridized carbons (Fsp3) is 0.846. The van der Waals surface area contributed by atoms with Gasteiger partial charge >= 0.3 is 0 Å². The molecule has 0 bridgehead atoms. The van der Waals surface area contributed by atoms with Gasteiger partial charge < -0.3 is 9.84 Å². The van der Waals surface area contributed by atoms with Gasteiger partial charge in [-0.15, -0.1) is 0 Å². The molecule has 1 rings (SSSR count). The van der Waals surface area contributed by atoms with E-state index in [0.29, 0.717) is 19.4 Å². The van der Waals surface area contributed by atoms with Crippen molar-refractivity contribution in [2.24, 2.45) is 5.92 Å². The molecule has 0 aromatic rings. The summed E-state index contributed by atoms with van der Waals surface area (Å²) in [7, 11) is 0. The second-order valence-electron chi connectivity index (χ2n) is 4.70. The van der Waals surface area contributed by atoms with Gasteiger partial charge in [0.05, 0.1) is 12.7 Å². The van der Waals surface area contributed by atoms with Crippen LogP contribution in [0.5, 0.6) is 0 Å². The maximum Gasteiger partial charge on any atom is 0.198 e. The molecule has 0 aliphatic carbocycles. The molecular weight excluding hydrogens is 220 g/mol. The van der Waals surface area contributed by atoms with Gasteiger partial charge in [-0.25, -0.2) is 0 Å². The van der Waals surface area contributed by atoms with E-state index >= 15 is 0 Å². The van der Waals surface area contributed by atoms with Gasteiger partial charge in [0.25, 0.3) is 0 Å². The fourth-order valence-electron chi connectivity index (χ4n) is 2.03. The molecular formula is C13H22O4. The van der Waals surface area contributed by atoms with E-state index in [0.717, 1.165) is 19.3 Å². The van der Waals surface area contributed by atoms with E-state index < -0.39 is 6.10 Å². The number of Topliss-reactive ketones (excluding diaryl/α,β-unsaturated/α-hetero) is 2. The van der Waals surface area contributed by atoms with Crippen LogP contribution in [0.4, 0.5) is 0 Å². The van der Waals surface area contributed by atoms with Crippen LogP contribution in [-0.2, 0) is 14.3 Å². The fourth-order valence-corrected chi connectivity index (χ4v) is 2.03. The molecule has 98 valence electrons. The van der Waals surface area contributed by atoms with Crippen LogP contribution in [0, 0.1) is 5.92 Å². The zero-order valence-electron chi connectivity index (χ0n) is 10.5. The maximum atomic E-state index is 11.6. The van der Waals surface area contributed by atoms with Gasteiger partial charge in [0.2, 0.25) is 0 Å². The van der Waals surface area contributed by atoms with Gasteiger partial charge in [0, 0.05) is 19.4 Å². The summed E-state index contributed by atoms with van der Waals surface area (Å²) in [5.74, 6) is -0.712. The lowest BCUT2D eigenvalue weighted by Gasteiger charge is -2.26. The van der Waals surface area contributed by atoms with Gasteiger partial charge in [0.15, 0.2) is 11.6 Å². The van der Waals surface area contributed by atoms with Crippen molar-refractivity contribution in [1.29, 1.82) is 0 Å². The number of unbranched alkanes of at least 4 members (excludes halogenated alkanes) is 2. The Morgan fingerprint density at radius 1 is 1.29 bits per heavy atom. The first-order valence-electron chi connectivity index (χ1n) is 6.47. The first kappa shape index (κ1) is 14.3. The predicted molar refractivity (Wildman–Crippen MR) is 63.7 cm³/mol. The van der Waals surface area contributed by atoms with E-state index in [2.05, 4.69) is 6.92 Å². The topological polar surface area (TPSA) is 63.6 Å². The third-order valence-corrected chi connectivity index (χ3v) is 3.23. The third-order valence-electron chi connectivity index (χ3n) is 3.23. The summed E-state index contributed by atoms with van der Waals surface area (Å²) in [4.78, 5) is 23.2. The van der Waals surface area contributed by atoms with Crippen molar-refractivity contribution in [1.82, 2.24) is 0 Å². The summed E-state index contributed by atoms with van der Waals surface area (Å²) in [5, 5.41) is 9.63. The molecule has 1 N–H and O–H groups in total. The van der Waals surface area contributed by atoms with Crippen molar-refractivity contribution in [3.8, 4) is 0 Å². The van der Waals surface area contributed by atoms with Crippen molar-refractivity contribution < 1.29 is 19.4 Å². The van der Waals surface area contributed by atoms with Crippen LogP contribution in [0.3, 0.4) is 0 Å². The monoisotopic (exact) mass is 242 g/mol. The maximum absolute atomic E-state index is 11.6. The average molecular weight is 242 g/mol. The number of hydrogen-bond donors (Lipinski definition) is 1. The van der Waals surface area contributed by atoms with E-state index in [1.54, 1.807) is 0 Å². The second kappa shape index (κ2) is 7.56. The standard InChI is InChI=1S/C13H22O4/c1-2-3-4-5-11(14)12(15)8-10-6-7-17-9-13(10)16/h10,13,16H,2-9H2,1H3. The molecule has 0 radical (unpaired) electrons. The highest BCUT2D eigenvalue weighted by molar-refractivity contribution is 6.37. The third kappa shape index (κ3) is 4.96. The molecule has 1 fully saturated rings. The SMILES string of the molecule is CCCCCC(=O)C(=O)CC1CCOCC1O. The molecule has 1 aliphatic rings. The Hall–Kier alpha value is -0.740. The molecule has 17 heavy (non-hydrogen) atoms. The average Bonchev–Trinajstić information content (AvgIpc) is 2.32. The van der Waals surface area contributed by atoms with E-state index in [-0.39, 0.29) is 30.5 Å². The Morgan fingerprint density at radius 3 is 2.71 bits per heavy atom. The Labute approximate surface area is 102 Å². The normalized spacial score (nSPS) is 24.6. The highest BCUT2D eigenvalue weighted by Gasteiger charge is 2.27. The number of carbonyl (C=O) groups excluding carboxylic acids is 2. The minimum Gasteiger partial charge on any atom is -0.390 e. The van der Waals surface area contributed by atoms with Crippen LogP contribution >= 0.6 is 0 Å². The van der Waals surface area contributed by atoms with Crippen LogP contribution in [-0.4, -0.2) is 36.0 Å². The summed E-state index contributed by atoms with van der Waals surface area (Å²) < 4.78 is 5.09. The lowest BCUT2D eigenvalue weighted by atomic mass is 9.90. The van der Waals surface area contributed by atoms with E-state index in [9.17, 15) is 14.7 Å². The van der Waals surface area contributed by atoms with Crippen molar-refractivity contribution in [3.05, 3.63) is 0 Å². The molecule has 0 amide bonds. The number of hydrogen-bond acceptors (Lipinski definition) is 4. The quantitative estimate of drug-likeness (QED) is 0.542.